The molecule has 0 amide bonds. The molecule has 0 saturated heterocycles. The van der Waals surface area contributed by atoms with E-state index in [0.29, 0.717) is 18.5 Å². The standard InChI is InChI=1S/C11H13F3N4S/c1-5-2-3-7-6(4-5)8(11(12,13)14)17-10(16-7)18-9(15)19/h5H,2-4H2,1H3,(H3,15,16,17,18,19). The summed E-state index contributed by atoms with van der Waals surface area (Å²) in [7, 11) is 0. The molecule has 1 aromatic rings. The number of hydrogen-bond donors (Lipinski definition) is 2. The first kappa shape index (κ1) is 14.0. The van der Waals surface area contributed by atoms with Crippen molar-refractivity contribution in [2.75, 3.05) is 5.32 Å². The number of rotatable bonds is 1. The summed E-state index contributed by atoms with van der Waals surface area (Å²) in [5, 5.41) is 2.21. The SMILES string of the molecule is CC1CCc2nc(NC(N)=S)nc(C(F)(F)F)c2C1. The number of aryl methyl sites for hydroxylation is 1. The lowest BCUT2D eigenvalue weighted by atomic mass is 9.87. The lowest BCUT2D eigenvalue weighted by molar-refractivity contribution is -0.142. The normalized spacial score (nSPS) is 18.8. The van der Waals surface area contributed by atoms with Gasteiger partial charge in [0.15, 0.2) is 10.8 Å². The average molecular weight is 290 g/mol. The van der Waals surface area contributed by atoms with E-state index < -0.39 is 11.9 Å². The highest BCUT2D eigenvalue weighted by atomic mass is 32.1. The van der Waals surface area contributed by atoms with Crippen LogP contribution in [0.25, 0.3) is 0 Å². The van der Waals surface area contributed by atoms with E-state index in [9.17, 15) is 13.2 Å². The molecule has 4 nitrogen and oxygen atoms in total. The molecule has 1 atom stereocenters. The predicted molar refractivity (Wildman–Crippen MR) is 68.6 cm³/mol. The Labute approximate surface area is 113 Å². The quantitative estimate of drug-likeness (QED) is 0.777. The molecule has 0 aromatic carbocycles. The van der Waals surface area contributed by atoms with Gasteiger partial charge in [-0.3, -0.25) is 0 Å². The highest BCUT2D eigenvalue weighted by Gasteiger charge is 2.38. The highest BCUT2D eigenvalue weighted by molar-refractivity contribution is 7.80. The first-order chi connectivity index (χ1) is 8.77. The zero-order valence-corrected chi connectivity index (χ0v) is 11.0. The number of alkyl halides is 3. The van der Waals surface area contributed by atoms with Crippen LogP contribution in [0.15, 0.2) is 0 Å². The van der Waals surface area contributed by atoms with Crippen molar-refractivity contribution in [1.82, 2.24) is 9.97 Å². The van der Waals surface area contributed by atoms with Gasteiger partial charge >= 0.3 is 6.18 Å². The largest absolute Gasteiger partial charge is 0.433 e. The number of anilines is 1. The van der Waals surface area contributed by atoms with Crippen LogP contribution in [0.3, 0.4) is 0 Å². The summed E-state index contributed by atoms with van der Waals surface area (Å²) in [5.74, 6) is 0.0136. The van der Waals surface area contributed by atoms with Crippen molar-refractivity contribution in [2.45, 2.75) is 32.4 Å². The Hall–Kier alpha value is -1.44. The van der Waals surface area contributed by atoms with Crippen LogP contribution in [0.2, 0.25) is 0 Å². The third-order valence-corrected chi connectivity index (χ3v) is 3.12. The van der Waals surface area contributed by atoms with E-state index in [-0.39, 0.29) is 22.5 Å². The summed E-state index contributed by atoms with van der Waals surface area (Å²) < 4.78 is 39.1. The van der Waals surface area contributed by atoms with E-state index in [0.717, 1.165) is 6.42 Å². The summed E-state index contributed by atoms with van der Waals surface area (Å²) in [4.78, 5) is 7.59. The molecule has 0 bridgehead atoms. The van der Waals surface area contributed by atoms with E-state index in [4.69, 9.17) is 5.73 Å². The van der Waals surface area contributed by atoms with E-state index in [1.807, 2.05) is 6.92 Å². The van der Waals surface area contributed by atoms with Gasteiger partial charge in [0.2, 0.25) is 5.95 Å². The van der Waals surface area contributed by atoms with Gasteiger partial charge in [0.1, 0.15) is 0 Å². The van der Waals surface area contributed by atoms with Crippen molar-refractivity contribution in [3.63, 3.8) is 0 Å². The molecule has 3 N–H and O–H groups in total. The fourth-order valence-corrected chi connectivity index (χ4v) is 2.28. The van der Waals surface area contributed by atoms with E-state index in [1.54, 1.807) is 0 Å². The molecule has 8 heteroatoms. The third kappa shape index (κ3) is 3.12. The molecule has 1 aromatic heterocycles. The Morgan fingerprint density at radius 1 is 1.42 bits per heavy atom. The number of nitrogens with two attached hydrogens (primary N) is 1. The molecule has 1 aliphatic rings. The van der Waals surface area contributed by atoms with Gasteiger partial charge < -0.3 is 11.1 Å². The van der Waals surface area contributed by atoms with Crippen LogP contribution in [0.1, 0.15) is 30.3 Å². The summed E-state index contributed by atoms with van der Waals surface area (Å²) in [5.41, 5.74) is 4.98. The number of fused-ring (bicyclic) bond motifs is 1. The van der Waals surface area contributed by atoms with Crippen LogP contribution in [-0.4, -0.2) is 15.1 Å². The van der Waals surface area contributed by atoms with Gasteiger partial charge in [0, 0.05) is 11.3 Å². The lowest BCUT2D eigenvalue weighted by Crippen LogP contribution is -2.26. The zero-order valence-electron chi connectivity index (χ0n) is 10.2. The molecular formula is C11H13F3N4S. The van der Waals surface area contributed by atoms with E-state index in [1.165, 1.54) is 0 Å². The maximum absolute atomic E-state index is 13.0. The minimum absolute atomic E-state index is 0.155. The van der Waals surface area contributed by atoms with Crippen LogP contribution < -0.4 is 11.1 Å². The molecule has 0 fully saturated rings. The van der Waals surface area contributed by atoms with Gasteiger partial charge in [0.25, 0.3) is 0 Å². The highest BCUT2D eigenvalue weighted by Crippen LogP contribution is 2.36. The number of thiocarbonyl (C=S) groups is 1. The summed E-state index contributed by atoms with van der Waals surface area (Å²) >= 11 is 4.59. The van der Waals surface area contributed by atoms with Crippen molar-refractivity contribution < 1.29 is 13.2 Å². The number of nitrogens with one attached hydrogen (secondary N) is 1. The molecule has 0 saturated carbocycles. The van der Waals surface area contributed by atoms with Crippen LogP contribution in [0.5, 0.6) is 0 Å². The maximum atomic E-state index is 13.0. The summed E-state index contributed by atoms with van der Waals surface area (Å²) in [6.45, 7) is 1.92. The van der Waals surface area contributed by atoms with Crippen LogP contribution in [0, 0.1) is 5.92 Å². The molecule has 1 heterocycles. The van der Waals surface area contributed by atoms with Crippen molar-refractivity contribution in [2.24, 2.45) is 11.7 Å². The number of hydrogen-bond acceptors (Lipinski definition) is 3. The second-order valence-corrected chi connectivity index (χ2v) is 5.10. The molecule has 2 rings (SSSR count). The average Bonchev–Trinajstić information content (AvgIpc) is 2.26. The first-order valence-electron chi connectivity index (χ1n) is 5.81. The van der Waals surface area contributed by atoms with Crippen LogP contribution >= 0.6 is 12.2 Å². The number of aromatic nitrogens is 2. The minimum Gasteiger partial charge on any atom is -0.376 e. The summed E-state index contributed by atoms with van der Waals surface area (Å²) in [6.07, 6.45) is -2.84. The van der Waals surface area contributed by atoms with Crippen molar-refractivity contribution in [3.8, 4) is 0 Å². The Kier molecular flexibility index (Phi) is 3.62. The van der Waals surface area contributed by atoms with Crippen molar-refractivity contribution >= 4 is 23.3 Å². The minimum atomic E-state index is -4.50. The molecule has 0 aliphatic heterocycles. The Balaban J connectivity index is 2.52. The molecule has 1 unspecified atom stereocenters. The lowest BCUT2D eigenvalue weighted by Gasteiger charge is -2.24. The van der Waals surface area contributed by atoms with Crippen molar-refractivity contribution in [3.05, 3.63) is 17.0 Å². The summed E-state index contributed by atoms with van der Waals surface area (Å²) in [6, 6.07) is 0. The van der Waals surface area contributed by atoms with Crippen molar-refractivity contribution in [1.29, 1.82) is 0 Å². The molecule has 19 heavy (non-hydrogen) atoms. The first-order valence-corrected chi connectivity index (χ1v) is 6.21. The molecule has 104 valence electrons. The van der Waals surface area contributed by atoms with Gasteiger partial charge in [-0.1, -0.05) is 6.92 Å². The maximum Gasteiger partial charge on any atom is 0.433 e. The smallest absolute Gasteiger partial charge is 0.376 e. The molecule has 1 aliphatic carbocycles. The molecule has 0 spiro atoms. The fraction of sp³-hybridized carbons (Fsp3) is 0.545. The third-order valence-electron chi connectivity index (χ3n) is 3.02. The Morgan fingerprint density at radius 2 is 2.11 bits per heavy atom. The van der Waals surface area contributed by atoms with Gasteiger partial charge in [0.05, 0.1) is 0 Å². The number of nitrogens with zero attached hydrogens (tertiary/aromatic N) is 2. The van der Waals surface area contributed by atoms with E-state index in [2.05, 4.69) is 27.5 Å². The van der Waals surface area contributed by atoms with Crippen LogP contribution in [0.4, 0.5) is 19.1 Å². The second kappa shape index (κ2) is 4.92. The molecule has 0 radical (unpaired) electrons. The zero-order chi connectivity index (χ0) is 14.2. The van der Waals surface area contributed by atoms with Crippen LogP contribution in [-0.2, 0) is 19.0 Å². The monoisotopic (exact) mass is 290 g/mol. The second-order valence-electron chi connectivity index (χ2n) is 4.66. The fourth-order valence-electron chi connectivity index (χ4n) is 2.19. The predicted octanol–water partition coefficient (Wildman–Crippen LogP) is 2.28. The molecular weight excluding hydrogens is 277 g/mol. The van der Waals surface area contributed by atoms with Gasteiger partial charge in [-0.2, -0.15) is 13.2 Å². The topological polar surface area (TPSA) is 63.8 Å². The Morgan fingerprint density at radius 3 is 2.68 bits per heavy atom. The van der Waals surface area contributed by atoms with E-state index >= 15 is 0 Å². The number of halogens is 3. The van der Waals surface area contributed by atoms with Gasteiger partial charge in [-0.25, -0.2) is 9.97 Å². The van der Waals surface area contributed by atoms with Gasteiger partial charge in [-0.05, 0) is 37.4 Å². The Bertz CT molecular complexity index is 515. The van der Waals surface area contributed by atoms with Gasteiger partial charge in [-0.15, -0.1) is 0 Å².